The van der Waals surface area contributed by atoms with Gasteiger partial charge in [-0.15, -0.1) is 0 Å². The molecule has 0 N–H and O–H groups in total. The number of para-hydroxylation sites is 1. The fraction of sp³-hybridized carbons (Fsp3) is 0.286. The predicted octanol–water partition coefficient (Wildman–Crippen LogP) is 1.20. The molecule has 0 unspecified atom stereocenters. The number of hydrogen-bond donors (Lipinski definition) is 0. The lowest BCUT2D eigenvalue weighted by atomic mass is 10.2. The molecule has 0 radical (unpaired) electrons. The highest BCUT2D eigenvalue weighted by Gasteiger charge is 2.22. The van der Waals surface area contributed by atoms with Gasteiger partial charge in [-0.3, -0.25) is 4.79 Å². The van der Waals surface area contributed by atoms with Gasteiger partial charge in [-0.05, 0) is 19.1 Å². The van der Waals surface area contributed by atoms with Crippen molar-refractivity contribution in [1.82, 2.24) is 4.90 Å². The second kappa shape index (κ2) is 7.41. The first-order valence-corrected chi connectivity index (χ1v) is 5.82. The Bertz CT molecular complexity index is 591. The number of nitriles is 3. The molecule has 1 aromatic carbocycles. The standard InChI is InChI=1S/C14H12N4O2/c1-11(14(19)18(8-6-15)9-7-16)20-13-5-3-2-4-12(13)10-17/h2-5,11H,8-9H2,1H3/t11-/m1/s1. The average molecular weight is 268 g/mol. The topological polar surface area (TPSA) is 101 Å². The number of carbonyl (C=O) groups is 1. The van der Waals surface area contributed by atoms with Crippen LogP contribution < -0.4 is 4.74 Å². The van der Waals surface area contributed by atoms with Gasteiger partial charge in [0.1, 0.15) is 24.9 Å². The largest absolute Gasteiger partial charge is 0.480 e. The molecule has 0 spiro atoms. The molecular weight excluding hydrogens is 256 g/mol. The summed E-state index contributed by atoms with van der Waals surface area (Å²) in [5.41, 5.74) is 0.319. The molecule has 0 saturated carbocycles. The maximum absolute atomic E-state index is 12.0. The first kappa shape index (κ1) is 15.0. The van der Waals surface area contributed by atoms with Crippen molar-refractivity contribution in [2.45, 2.75) is 13.0 Å². The molecule has 0 saturated heterocycles. The maximum atomic E-state index is 12.0. The number of amides is 1. The summed E-state index contributed by atoms with van der Waals surface area (Å²) >= 11 is 0. The molecule has 0 aliphatic rings. The van der Waals surface area contributed by atoms with E-state index in [1.807, 2.05) is 18.2 Å². The van der Waals surface area contributed by atoms with Crippen LogP contribution in [0.4, 0.5) is 0 Å². The molecular formula is C14H12N4O2. The summed E-state index contributed by atoms with van der Waals surface area (Å²) in [4.78, 5) is 13.1. The highest BCUT2D eigenvalue weighted by Crippen LogP contribution is 2.18. The highest BCUT2D eigenvalue weighted by molar-refractivity contribution is 5.81. The number of carbonyl (C=O) groups excluding carboxylic acids is 1. The van der Waals surface area contributed by atoms with Crippen LogP contribution in [0.15, 0.2) is 24.3 Å². The zero-order valence-corrected chi connectivity index (χ0v) is 10.9. The number of rotatable bonds is 5. The molecule has 1 atom stereocenters. The van der Waals surface area contributed by atoms with Gasteiger partial charge in [-0.25, -0.2) is 0 Å². The molecule has 20 heavy (non-hydrogen) atoms. The Morgan fingerprint density at radius 2 is 1.85 bits per heavy atom. The molecule has 0 bridgehead atoms. The van der Waals surface area contributed by atoms with Crippen molar-refractivity contribution < 1.29 is 9.53 Å². The minimum absolute atomic E-state index is 0.181. The van der Waals surface area contributed by atoms with E-state index in [1.54, 1.807) is 24.3 Å². The Hall–Kier alpha value is -3.04. The first-order valence-electron chi connectivity index (χ1n) is 5.82. The van der Waals surface area contributed by atoms with E-state index in [4.69, 9.17) is 20.5 Å². The number of benzene rings is 1. The van der Waals surface area contributed by atoms with Crippen molar-refractivity contribution >= 4 is 5.91 Å². The average Bonchev–Trinajstić information content (AvgIpc) is 2.46. The SMILES string of the molecule is C[C@@H](Oc1ccccc1C#N)C(=O)N(CC#N)CC#N. The van der Waals surface area contributed by atoms with Crippen LogP contribution in [-0.2, 0) is 4.79 Å². The van der Waals surface area contributed by atoms with E-state index < -0.39 is 12.0 Å². The summed E-state index contributed by atoms with van der Waals surface area (Å²) in [6, 6.07) is 12.1. The van der Waals surface area contributed by atoms with Gasteiger partial charge in [0, 0.05) is 0 Å². The fourth-order valence-electron chi connectivity index (χ4n) is 1.54. The Labute approximate surface area is 117 Å². The molecule has 0 aromatic heterocycles. The van der Waals surface area contributed by atoms with Crippen LogP contribution in [0.2, 0.25) is 0 Å². The third kappa shape index (κ3) is 3.73. The minimum Gasteiger partial charge on any atom is -0.480 e. The number of nitrogens with zero attached hydrogens (tertiary/aromatic N) is 4. The summed E-state index contributed by atoms with van der Waals surface area (Å²) in [6.45, 7) is 1.15. The van der Waals surface area contributed by atoms with E-state index in [9.17, 15) is 4.79 Å². The van der Waals surface area contributed by atoms with E-state index in [0.29, 0.717) is 11.3 Å². The first-order chi connectivity index (χ1) is 9.63. The summed E-state index contributed by atoms with van der Waals surface area (Å²) in [5, 5.41) is 26.2. The monoisotopic (exact) mass is 268 g/mol. The molecule has 0 heterocycles. The van der Waals surface area contributed by atoms with Crippen LogP contribution in [0.25, 0.3) is 0 Å². The van der Waals surface area contributed by atoms with Gasteiger partial charge in [0.15, 0.2) is 6.10 Å². The Kier molecular flexibility index (Phi) is 5.56. The van der Waals surface area contributed by atoms with Crippen molar-refractivity contribution in [3.05, 3.63) is 29.8 Å². The van der Waals surface area contributed by atoms with Crippen molar-refractivity contribution in [2.24, 2.45) is 0 Å². The Morgan fingerprint density at radius 1 is 1.25 bits per heavy atom. The highest BCUT2D eigenvalue weighted by atomic mass is 16.5. The molecule has 6 nitrogen and oxygen atoms in total. The number of ether oxygens (including phenoxy) is 1. The molecule has 1 amide bonds. The van der Waals surface area contributed by atoms with Gasteiger partial charge < -0.3 is 9.64 Å². The quantitative estimate of drug-likeness (QED) is 0.747. The molecule has 0 aliphatic carbocycles. The smallest absolute Gasteiger partial charge is 0.265 e. The molecule has 0 aliphatic heterocycles. The molecule has 1 rings (SSSR count). The Balaban J connectivity index is 2.83. The molecule has 1 aromatic rings. The van der Waals surface area contributed by atoms with Gasteiger partial charge in [-0.2, -0.15) is 15.8 Å². The van der Waals surface area contributed by atoms with E-state index in [0.717, 1.165) is 4.90 Å². The van der Waals surface area contributed by atoms with Crippen LogP contribution >= 0.6 is 0 Å². The molecule has 0 fully saturated rings. The van der Waals surface area contributed by atoms with Crippen molar-refractivity contribution in [1.29, 1.82) is 15.8 Å². The van der Waals surface area contributed by atoms with E-state index in [2.05, 4.69) is 0 Å². The van der Waals surface area contributed by atoms with Crippen LogP contribution in [0, 0.1) is 34.0 Å². The van der Waals surface area contributed by atoms with Gasteiger partial charge in [0.2, 0.25) is 0 Å². The summed E-state index contributed by atoms with van der Waals surface area (Å²) < 4.78 is 5.44. The van der Waals surface area contributed by atoms with E-state index >= 15 is 0 Å². The molecule has 6 heteroatoms. The summed E-state index contributed by atoms with van der Waals surface area (Å²) in [7, 11) is 0. The number of hydrogen-bond acceptors (Lipinski definition) is 5. The second-order valence-corrected chi connectivity index (χ2v) is 3.88. The van der Waals surface area contributed by atoms with Crippen LogP contribution in [-0.4, -0.2) is 30.0 Å². The fourth-order valence-corrected chi connectivity index (χ4v) is 1.54. The molecule has 100 valence electrons. The van der Waals surface area contributed by atoms with Crippen molar-refractivity contribution in [2.75, 3.05) is 13.1 Å². The van der Waals surface area contributed by atoms with Gasteiger partial charge in [-0.1, -0.05) is 12.1 Å². The van der Waals surface area contributed by atoms with E-state index in [-0.39, 0.29) is 13.1 Å². The summed E-state index contributed by atoms with van der Waals surface area (Å²) in [5.74, 6) is -0.175. The zero-order valence-electron chi connectivity index (χ0n) is 10.9. The minimum atomic E-state index is -0.883. The zero-order chi connectivity index (χ0) is 15.0. The van der Waals surface area contributed by atoms with Crippen molar-refractivity contribution in [3.63, 3.8) is 0 Å². The Morgan fingerprint density at radius 3 is 2.40 bits per heavy atom. The van der Waals surface area contributed by atoms with Crippen LogP contribution in [0.1, 0.15) is 12.5 Å². The van der Waals surface area contributed by atoms with Gasteiger partial charge in [0.25, 0.3) is 5.91 Å². The second-order valence-electron chi connectivity index (χ2n) is 3.88. The maximum Gasteiger partial charge on any atom is 0.265 e. The predicted molar refractivity (Wildman–Crippen MR) is 69.1 cm³/mol. The third-order valence-electron chi connectivity index (χ3n) is 2.49. The lowest BCUT2D eigenvalue weighted by Crippen LogP contribution is -2.41. The lowest BCUT2D eigenvalue weighted by molar-refractivity contribution is -0.136. The van der Waals surface area contributed by atoms with Crippen molar-refractivity contribution in [3.8, 4) is 24.0 Å². The third-order valence-corrected chi connectivity index (χ3v) is 2.49. The normalized spacial score (nSPS) is 10.5. The summed E-state index contributed by atoms with van der Waals surface area (Å²) in [6.07, 6.45) is -0.883. The lowest BCUT2D eigenvalue weighted by Gasteiger charge is -2.21. The van der Waals surface area contributed by atoms with Crippen LogP contribution in [0.3, 0.4) is 0 Å². The van der Waals surface area contributed by atoms with Crippen LogP contribution in [0.5, 0.6) is 5.75 Å². The van der Waals surface area contributed by atoms with Gasteiger partial charge >= 0.3 is 0 Å². The van der Waals surface area contributed by atoms with E-state index in [1.165, 1.54) is 6.92 Å². The van der Waals surface area contributed by atoms with Gasteiger partial charge in [0.05, 0.1) is 17.7 Å².